The number of nitrogens with one attached hydrogen (secondary N) is 1. The van der Waals surface area contributed by atoms with E-state index in [1.165, 1.54) is 24.8 Å². The molecule has 2 heterocycles. The molecule has 1 aromatic rings. The van der Waals surface area contributed by atoms with Gasteiger partial charge in [-0.1, -0.05) is 12.1 Å². The molecule has 0 bridgehead atoms. The van der Waals surface area contributed by atoms with Crippen LogP contribution in [0.4, 0.5) is 0 Å². The molecule has 0 amide bonds. The van der Waals surface area contributed by atoms with E-state index >= 15 is 0 Å². The van der Waals surface area contributed by atoms with E-state index in [1.807, 2.05) is 24.2 Å². The van der Waals surface area contributed by atoms with Crippen molar-refractivity contribution in [3.63, 3.8) is 0 Å². The van der Waals surface area contributed by atoms with Crippen molar-refractivity contribution in [3.8, 4) is 0 Å². The highest BCUT2D eigenvalue weighted by Crippen LogP contribution is 2.35. The van der Waals surface area contributed by atoms with Gasteiger partial charge in [-0.25, -0.2) is 8.42 Å². The summed E-state index contributed by atoms with van der Waals surface area (Å²) in [6, 6.07) is 6.91. The van der Waals surface area contributed by atoms with Gasteiger partial charge >= 0.3 is 0 Å². The van der Waals surface area contributed by atoms with Crippen LogP contribution in [0.25, 0.3) is 0 Å². The molecule has 2 aliphatic heterocycles. The fourth-order valence-corrected chi connectivity index (χ4v) is 4.22. The van der Waals surface area contributed by atoms with Crippen molar-refractivity contribution in [1.82, 2.24) is 10.3 Å². The van der Waals surface area contributed by atoms with Crippen molar-refractivity contribution in [2.75, 3.05) is 19.8 Å². The molecular weight excluding hydrogens is 318 g/mol. The summed E-state index contributed by atoms with van der Waals surface area (Å²) in [4.78, 5) is 0.334. The largest absolute Gasteiger partial charge is 0.386 e. The van der Waals surface area contributed by atoms with Gasteiger partial charge in [0.05, 0.1) is 4.90 Å². The van der Waals surface area contributed by atoms with Crippen molar-refractivity contribution in [3.05, 3.63) is 40.6 Å². The number of hydrogen-bond acceptors (Lipinski definition) is 6. The third-order valence-corrected chi connectivity index (χ3v) is 6.05. The third-order valence-electron chi connectivity index (χ3n) is 3.71. The van der Waals surface area contributed by atoms with Gasteiger partial charge in [0.2, 0.25) is 0 Å². The summed E-state index contributed by atoms with van der Waals surface area (Å²) in [5.74, 6) is 0. The van der Waals surface area contributed by atoms with E-state index in [0.717, 1.165) is 28.6 Å². The molecule has 0 radical (unpaired) electrons. The van der Waals surface area contributed by atoms with Crippen molar-refractivity contribution in [2.45, 2.75) is 24.2 Å². The SMILES string of the molecule is CN1N=C(c2ccc(S(C)(=O)=O)cc2)SC1=C1CCCCN1. The second kappa shape index (κ2) is 5.96. The normalized spacial score (nSPS) is 22.5. The van der Waals surface area contributed by atoms with Gasteiger partial charge < -0.3 is 5.32 Å². The third kappa shape index (κ3) is 3.15. The Labute approximate surface area is 135 Å². The molecule has 5 nitrogen and oxygen atoms in total. The minimum atomic E-state index is -3.16. The van der Waals surface area contributed by atoms with Gasteiger partial charge in [-0.05, 0) is 43.2 Å². The first-order chi connectivity index (χ1) is 10.4. The first-order valence-electron chi connectivity index (χ1n) is 7.23. The predicted octanol–water partition coefficient (Wildman–Crippen LogP) is 2.37. The van der Waals surface area contributed by atoms with Crippen LogP contribution in [0.15, 0.2) is 45.0 Å². The van der Waals surface area contributed by atoms with Crippen molar-refractivity contribution < 1.29 is 8.42 Å². The zero-order chi connectivity index (χ0) is 15.7. The molecule has 2 aliphatic rings. The summed E-state index contributed by atoms with van der Waals surface area (Å²) in [6.07, 6.45) is 4.70. The fourth-order valence-electron chi connectivity index (χ4n) is 2.51. The molecule has 1 saturated heterocycles. The minimum absolute atomic E-state index is 0.334. The molecule has 1 aromatic carbocycles. The Balaban J connectivity index is 1.83. The summed E-state index contributed by atoms with van der Waals surface area (Å²) in [5.41, 5.74) is 2.20. The van der Waals surface area contributed by atoms with E-state index < -0.39 is 9.84 Å². The summed E-state index contributed by atoms with van der Waals surface area (Å²) in [6.45, 7) is 1.02. The van der Waals surface area contributed by atoms with E-state index in [1.54, 1.807) is 23.9 Å². The lowest BCUT2D eigenvalue weighted by atomic mass is 10.1. The molecule has 22 heavy (non-hydrogen) atoms. The quantitative estimate of drug-likeness (QED) is 0.898. The second-order valence-electron chi connectivity index (χ2n) is 5.49. The standard InChI is InChI=1S/C15H19N3O2S2/c1-18-15(13-5-3-4-10-16-13)21-14(17-18)11-6-8-12(9-7-11)22(2,19)20/h6-9,16H,3-5,10H2,1-2H3. The van der Waals surface area contributed by atoms with Crippen LogP contribution in [-0.4, -0.2) is 38.3 Å². The van der Waals surface area contributed by atoms with E-state index in [4.69, 9.17) is 0 Å². The minimum Gasteiger partial charge on any atom is -0.386 e. The number of allylic oxidation sites excluding steroid dienone is 1. The number of nitrogens with zero attached hydrogens (tertiary/aromatic N) is 2. The maximum atomic E-state index is 11.5. The van der Waals surface area contributed by atoms with Crippen LogP contribution in [-0.2, 0) is 9.84 Å². The Bertz CT molecular complexity index is 729. The number of thioether (sulfide) groups is 1. The molecule has 118 valence electrons. The van der Waals surface area contributed by atoms with Crippen molar-refractivity contribution in [2.24, 2.45) is 5.10 Å². The number of benzene rings is 1. The Morgan fingerprint density at radius 1 is 1.23 bits per heavy atom. The highest BCUT2D eigenvalue weighted by molar-refractivity contribution is 8.17. The molecule has 0 unspecified atom stereocenters. The van der Waals surface area contributed by atoms with Crippen LogP contribution in [0.3, 0.4) is 0 Å². The maximum Gasteiger partial charge on any atom is 0.175 e. The van der Waals surface area contributed by atoms with Gasteiger partial charge in [0.15, 0.2) is 9.84 Å². The van der Waals surface area contributed by atoms with E-state index in [0.29, 0.717) is 4.90 Å². The zero-order valence-electron chi connectivity index (χ0n) is 12.7. The Morgan fingerprint density at radius 2 is 1.95 bits per heavy atom. The average molecular weight is 337 g/mol. The van der Waals surface area contributed by atoms with Crippen LogP contribution in [0.5, 0.6) is 0 Å². The lowest BCUT2D eigenvalue weighted by molar-refractivity contribution is 0.463. The zero-order valence-corrected chi connectivity index (χ0v) is 14.3. The lowest BCUT2D eigenvalue weighted by Gasteiger charge is -2.21. The van der Waals surface area contributed by atoms with E-state index in [9.17, 15) is 8.42 Å². The predicted molar refractivity (Wildman–Crippen MR) is 90.3 cm³/mol. The number of sulfone groups is 1. The molecule has 1 fully saturated rings. The second-order valence-corrected chi connectivity index (χ2v) is 8.49. The Kier molecular flexibility index (Phi) is 4.18. The molecule has 7 heteroatoms. The highest BCUT2D eigenvalue weighted by atomic mass is 32.2. The van der Waals surface area contributed by atoms with Gasteiger partial charge in [-0.15, -0.1) is 0 Å². The molecule has 3 rings (SSSR count). The highest BCUT2D eigenvalue weighted by Gasteiger charge is 2.24. The van der Waals surface area contributed by atoms with Gasteiger partial charge in [0, 0.05) is 31.1 Å². The van der Waals surface area contributed by atoms with Crippen molar-refractivity contribution >= 4 is 26.6 Å². The first-order valence-corrected chi connectivity index (χ1v) is 9.93. The molecule has 0 saturated carbocycles. The van der Waals surface area contributed by atoms with E-state index in [-0.39, 0.29) is 0 Å². The molecule has 0 aromatic heterocycles. The van der Waals surface area contributed by atoms with Crippen LogP contribution < -0.4 is 5.32 Å². The van der Waals surface area contributed by atoms with Gasteiger partial charge in [0.25, 0.3) is 0 Å². The molecule has 0 aliphatic carbocycles. The summed E-state index contributed by atoms with van der Waals surface area (Å²) in [5, 5.41) is 12.0. The fraction of sp³-hybridized carbons (Fsp3) is 0.400. The molecule has 0 atom stereocenters. The van der Waals surface area contributed by atoms with Crippen molar-refractivity contribution in [1.29, 1.82) is 0 Å². The molecule has 0 spiro atoms. The lowest BCUT2D eigenvalue weighted by Crippen LogP contribution is -2.23. The van der Waals surface area contributed by atoms with Crippen LogP contribution >= 0.6 is 11.8 Å². The van der Waals surface area contributed by atoms with Crippen LogP contribution in [0, 0.1) is 0 Å². The van der Waals surface area contributed by atoms with Gasteiger partial charge in [-0.2, -0.15) is 5.10 Å². The average Bonchev–Trinajstić information content (AvgIpc) is 2.89. The number of hydrogen-bond donors (Lipinski definition) is 1. The number of piperidine rings is 1. The van der Waals surface area contributed by atoms with Crippen LogP contribution in [0.2, 0.25) is 0 Å². The Morgan fingerprint density at radius 3 is 2.55 bits per heavy atom. The summed E-state index contributed by atoms with van der Waals surface area (Å²) in [7, 11) is -1.21. The Hall–Kier alpha value is -1.47. The molecular formula is C15H19N3O2S2. The topological polar surface area (TPSA) is 61.8 Å². The first kappa shape index (κ1) is 15.4. The maximum absolute atomic E-state index is 11.5. The monoisotopic (exact) mass is 337 g/mol. The van der Waals surface area contributed by atoms with Gasteiger partial charge in [-0.3, -0.25) is 5.01 Å². The van der Waals surface area contributed by atoms with Crippen LogP contribution in [0.1, 0.15) is 24.8 Å². The summed E-state index contributed by atoms with van der Waals surface area (Å²) < 4.78 is 23.0. The molecule has 1 N–H and O–H groups in total. The number of hydrazone groups is 1. The van der Waals surface area contributed by atoms with Gasteiger partial charge in [0.1, 0.15) is 10.1 Å². The number of rotatable bonds is 2. The summed E-state index contributed by atoms with van der Waals surface area (Å²) >= 11 is 1.64. The van der Waals surface area contributed by atoms with E-state index in [2.05, 4.69) is 10.4 Å². The smallest absolute Gasteiger partial charge is 0.175 e.